The molecule has 0 saturated heterocycles. The molecule has 0 N–H and O–H groups in total. The van der Waals surface area contributed by atoms with Gasteiger partial charge in [0.25, 0.3) is 5.69 Å². The Hall–Kier alpha value is -1.91. The standard InChI is InChI=1S/C12H14NO4/c1-12(2,3)17-11(14)8-9-4-6-10(7-5-9)13(15)16/h4-8H,1-3H3. The summed E-state index contributed by atoms with van der Waals surface area (Å²) in [5.41, 5.74) is 0.0187. The molecule has 0 spiro atoms. The highest BCUT2D eigenvalue weighted by molar-refractivity contribution is 5.83. The number of nitrogens with zero attached hydrogens (tertiary/aromatic N) is 1. The van der Waals surface area contributed by atoms with E-state index in [4.69, 9.17) is 4.74 Å². The molecule has 0 aliphatic heterocycles. The van der Waals surface area contributed by atoms with Crippen molar-refractivity contribution in [1.29, 1.82) is 0 Å². The highest BCUT2D eigenvalue weighted by atomic mass is 16.6. The number of nitro groups is 1. The number of carbonyl (C=O) groups excluding carboxylic acids is 1. The number of ether oxygens (including phenoxy) is 1. The number of rotatable bonds is 3. The van der Waals surface area contributed by atoms with Gasteiger partial charge in [0.05, 0.1) is 11.3 Å². The second-order valence-electron chi connectivity index (χ2n) is 4.53. The molecule has 5 nitrogen and oxygen atoms in total. The first kappa shape index (κ1) is 13.2. The first-order valence-electron chi connectivity index (χ1n) is 5.10. The molecule has 0 saturated carbocycles. The average Bonchev–Trinajstić information content (AvgIpc) is 2.15. The van der Waals surface area contributed by atoms with Gasteiger partial charge in [0.1, 0.15) is 5.60 Å². The molecule has 1 aromatic rings. The molecule has 0 atom stereocenters. The van der Waals surface area contributed by atoms with Crippen molar-refractivity contribution in [2.24, 2.45) is 0 Å². The van der Waals surface area contributed by atoms with Crippen molar-refractivity contribution in [2.75, 3.05) is 0 Å². The largest absolute Gasteiger partial charge is 0.459 e. The molecule has 1 radical (unpaired) electrons. The lowest BCUT2D eigenvalue weighted by Crippen LogP contribution is -2.24. The van der Waals surface area contributed by atoms with Gasteiger partial charge in [0.15, 0.2) is 0 Å². The molecule has 1 aromatic carbocycles. The van der Waals surface area contributed by atoms with Crippen LogP contribution in [0.1, 0.15) is 26.3 Å². The first-order chi connectivity index (χ1) is 7.78. The number of esters is 1. The van der Waals surface area contributed by atoms with Crippen LogP contribution in [-0.4, -0.2) is 16.5 Å². The van der Waals surface area contributed by atoms with E-state index in [0.717, 1.165) is 0 Å². The molecule has 0 fully saturated rings. The van der Waals surface area contributed by atoms with E-state index >= 15 is 0 Å². The van der Waals surface area contributed by atoms with Crippen molar-refractivity contribution in [3.05, 3.63) is 46.4 Å². The Morgan fingerprint density at radius 1 is 1.29 bits per heavy atom. The van der Waals surface area contributed by atoms with Gasteiger partial charge in [0, 0.05) is 12.1 Å². The summed E-state index contributed by atoms with van der Waals surface area (Å²) in [7, 11) is 0. The molecule has 0 heterocycles. The van der Waals surface area contributed by atoms with E-state index in [1.165, 1.54) is 30.7 Å². The average molecular weight is 236 g/mol. The van der Waals surface area contributed by atoms with Gasteiger partial charge >= 0.3 is 5.97 Å². The molecular weight excluding hydrogens is 222 g/mol. The number of carbonyl (C=O) groups is 1. The zero-order chi connectivity index (χ0) is 13.1. The normalized spacial score (nSPS) is 11.0. The van der Waals surface area contributed by atoms with Crippen LogP contribution in [0.4, 0.5) is 5.69 Å². The molecule has 5 heteroatoms. The highest BCUT2D eigenvalue weighted by Gasteiger charge is 2.17. The minimum absolute atomic E-state index is 0.00802. The zero-order valence-corrected chi connectivity index (χ0v) is 9.97. The molecular formula is C12H14NO4. The molecule has 0 bridgehead atoms. The maximum atomic E-state index is 11.4. The molecule has 0 aliphatic rings. The van der Waals surface area contributed by atoms with Gasteiger partial charge in [0.2, 0.25) is 0 Å². The molecule has 1 rings (SSSR count). The van der Waals surface area contributed by atoms with Gasteiger partial charge in [-0.1, -0.05) is 12.1 Å². The fourth-order valence-electron chi connectivity index (χ4n) is 1.16. The molecule has 17 heavy (non-hydrogen) atoms. The van der Waals surface area contributed by atoms with E-state index in [9.17, 15) is 14.9 Å². The van der Waals surface area contributed by atoms with E-state index in [1.54, 1.807) is 20.8 Å². The maximum Gasteiger partial charge on any atom is 0.315 e. The maximum absolute atomic E-state index is 11.4. The number of hydrogen-bond donors (Lipinski definition) is 0. The predicted molar refractivity (Wildman–Crippen MR) is 62.3 cm³/mol. The van der Waals surface area contributed by atoms with E-state index < -0.39 is 16.5 Å². The second kappa shape index (κ2) is 4.95. The van der Waals surface area contributed by atoms with Crippen LogP contribution in [0.3, 0.4) is 0 Å². The van der Waals surface area contributed by atoms with Gasteiger partial charge < -0.3 is 4.74 Å². The lowest BCUT2D eigenvalue weighted by molar-refractivity contribution is -0.384. The zero-order valence-electron chi connectivity index (χ0n) is 9.97. The summed E-state index contributed by atoms with van der Waals surface area (Å²) in [6.07, 6.45) is 1.30. The predicted octanol–water partition coefficient (Wildman–Crippen LogP) is 2.49. The smallest absolute Gasteiger partial charge is 0.315 e. The van der Waals surface area contributed by atoms with Crippen LogP contribution >= 0.6 is 0 Å². The van der Waals surface area contributed by atoms with Gasteiger partial charge in [-0.2, -0.15) is 0 Å². The summed E-state index contributed by atoms with van der Waals surface area (Å²) in [6.45, 7) is 5.32. The van der Waals surface area contributed by atoms with Crippen molar-refractivity contribution >= 4 is 11.7 Å². The van der Waals surface area contributed by atoms with Crippen molar-refractivity contribution in [2.45, 2.75) is 26.4 Å². The molecule has 0 amide bonds. The fourth-order valence-corrected chi connectivity index (χ4v) is 1.16. The van der Waals surface area contributed by atoms with Crippen LogP contribution < -0.4 is 0 Å². The van der Waals surface area contributed by atoms with Crippen LogP contribution in [0, 0.1) is 16.5 Å². The van der Waals surface area contributed by atoms with E-state index in [1.807, 2.05) is 0 Å². The Balaban J connectivity index is 2.64. The Morgan fingerprint density at radius 3 is 2.24 bits per heavy atom. The van der Waals surface area contributed by atoms with E-state index in [-0.39, 0.29) is 5.69 Å². The summed E-state index contributed by atoms with van der Waals surface area (Å²) in [4.78, 5) is 21.4. The van der Waals surface area contributed by atoms with Crippen molar-refractivity contribution in [1.82, 2.24) is 0 Å². The van der Waals surface area contributed by atoms with Gasteiger partial charge in [-0.3, -0.25) is 14.9 Å². The number of nitro benzene ring substituents is 1. The lowest BCUT2D eigenvalue weighted by atomic mass is 10.1. The van der Waals surface area contributed by atoms with Crippen molar-refractivity contribution < 1.29 is 14.5 Å². The Kier molecular flexibility index (Phi) is 3.83. The Bertz CT molecular complexity index is 417. The van der Waals surface area contributed by atoms with Gasteiger partial charge in [-0.05, 0) is 26.3 Å². The first-order valence-corrected chi connectivity index (χ1v) is 5.10. The summed E-state index contributed by atoms with van der Waals surface area (Å²) < 4.78 is 5.09. The SMILES string of the molecule is CC(C)(C)OC(=O)[CH]c1ccc([N+](=O)[O-])cc1. The quantitative estimate of drug-likeness (QED) is 0.459. The minimum atomic E-state index is -0.547. The number of benzene rings is 1. The number of hydrogen-bond acceptors (Lipinski definition) is 4. The summed E-state index contributed by atoms with van der Waals surface area (Å²) in [5, 5.41) is 10.4. The summed E-state index contributed by atoms with van der Waals surface area (Å²) >= 11 is 0. The van der Waals surface area contributed by atoms with E-state index in [0.29, 0.717) is 5.56 Å². The Morgan fingerprint density at radius 2 is 1.82 bits per heavy atom. The second-order valence-corrected chi connectivity index (χ2v) is 4.53. The van der Waals surface area contributed by atoms with Gasteiger partial charge in [-0.25, -0.2) is 0 Å². The van der Waals surface area contributed by atoms with Crippen LogP contribution in [0.2, 0.25) is 0 Å². The van der Waals surface area contributed by atoms with Crippen molar-refractivity contribution in [3.63, 3.8) is 0 Å². The molecule has 91 valence electrons. The lowest BCUT2D eigenvalue weighted by Gasteiger charge is -2.19. The number of non-ortho nitro benzene ring substituents is 1. The minimum Gasteiger partial charge on any atom is -0.459 e. The van der Waals surface area contributed by atoms with Gasteiger partial charge in [-0.15, -0.1) is 0 Å². The van der Waals surface area contributed by atoms with Crippen LogP contribution in [0.5, 0.6) is 0 Å². The third-order valence-corrected chi connectivity index (χ3v) is 1.80. The van der Waals surface area contributed by atoms with Crippen LogP contribution in [0.15, 0.2) is 24.3 Å². The highest BCUT2D eigenvalue weighted by Crippen LogP contribution is 2.15. The van der Waals surface area contributed by atoms with Crippen LogP contribution in [0.25, 0.3) is 0 Å². The van der Waals surface area contributed by atoms with Crippen molar-refractivity contribution in [3.8, 4) is 0 Å². The van der Waals surface area contributed by atoms with E-state index in [2.05, 4.69) is 0 Å². The Labute approximate surface area is 99.5 Å². The van der Waals surface area contributed by atoms with Crippen LogP contribution in [-0.2, 0) is 9.53 Å². The monoisotopic (exact) mass is 236 g/mol. The fraction of sp³-hybridized carbons (Fsp3) is 0.333. The molecule has 0 aliphatic carbocycles. The topological polar surface area (TPSA) is 69.4 Å². The molecule has 0 aromatic heterocycles. The summed E-state index contributed by atoms with van der Waals surface area (Å²) in [5.74, 6) is -0.466. The molecule has 0 unspecified atom stereocenters. The summed E-state index contributed by atoms with van der Waals surface area (Å²) in [6, 6.07) is 5.69. The third-order valence-electron chi connectivity index (χ3n) is 1.80. The third kappa shape index (κ3) is 4.63.